The van der Waals surface area contributed by atoms with E-state index >= 15 is 0 Å². The molecule has 5 nitrogen and oxygen atoms in total. The summed E-state index contributed by atoms with van der Waals surface area (Å²) >= 11 is 0. The molecule has 1 N–H and O–H groups in total. The molecule has 1 aliphatic rings. The summed E-state index contributed by atoms with van der Waals surface area (Å²) in [5.41, 5.74) is 0.645. The van der Waals surface area contributed by atoms with Gasteiger partial charge in [-0.15, -0.1) is 0 Å². The van der Waals surface area contributed by atoms with Gasteiger partial charge < -0.3 is 10.1 Å². The van der Waals surface area contributed by atoms with Crippen LogP contribution in [0.4, 0.5) is 0 Å². The molecule has 1 aromatic heterocycles. The average Bonchev–Trinajstić information content (AvgIpc) is 2.45. The number of nitrogens with one attached hydrogen (secondary N) is 1. The molecule has 2 rings (SSSR count). The molecule has 1 aromatic rings. The third kappa shape index (κ3) is 4.07. The second-order valence-corrected chi connectivity index (χ2v) is 5.58. The van der Waals surface area contributed by atoms with Gasteiger partial charge in [-0.2, -0.15) is 0 Å². The Balaban J connectivity index is 1.83. The van der Waals surface area contributed by atoms with Crippen LogP contribution in [0, 0.1) is 12.8 Å². The first-order valence-electron chi connectivity index (χ1n) is 7.54. The molecule has 112 valence electrons. The number of aromatic nitrogens is 2. The van der Waals surface area contributed by atoms with Gasteiger partial charge in [0.1, 0.15) is 0 Å². The number of methoxy groups -OCH3 is 1. The van der Waals surface area contributed by atoms with Gasteiger partial charge in [0.05, 0.1) is 7.11 Å². The summed E-state index contributed by atoms with van der Waals surface area (Å²) in [6.07, 6.45) is 6.78. The summed E-state index contributed by atoms with van der Waals surface area (Å²) in [7, 11) is 1.55. The minimum Gasteiger partial charge on any atom is -0.468 e. The lowest BCUT2D eigenvalue weighted by atomic mass is 9.89. The fourth-order valence-corrected chi connectivity index (χ4v) is 2.84. The predicted molar refractivity (Wildman–Crippen MR) is 79.2 cm³/mol. The number of rotatable bonds is 6. The average molecular weight is 279 g/mol. The Hall–Kier alpha value is -1.36. The van der Waals surface area contributed by atoms with Gasteiger partial charge in [0.15, 0.2) is 0 Å². The lowest BCUT2D eigenvalue weighted by Crippen LogP contribution is -2.31. The van der Waals surface area contributed by atoms with Crippen molar-refractivity contribution in [2.45, 2.75) is 45.6 Å². The molecule has 0 unspecified atom stereocenters. The highest BCUT2D eigenvalue weighted by molar-refractivity contribution is 5.06. The first kappa shape index (κ1) is 15.0. The molecule has 0 amide bonds. The predicted octanol–water partition coefficient (Wildman–Crippen LogP) is 1.73. The second kappa shape index (κ2) is 7.43. The molecular formula is C15H25N3O2. The summed E-state index contributed by atoms with van der Waals surface area (Å²) in [6.45, 7) is 4.23. The van der Waals surface area contributed by atoms with E-state index in [-0.39, 0.29) is 5.56 Å². The molecule has 1 fully saturated rings. The highest BCUT2D eigenvalue weighted by Gasteiger charge is 2.13. The number of nitrogens with zero attached hydrogens (tertiary/aromatic N) is 2. The summed E-state index contributed by atoms with van der Waals surface area (Å²) in [5, 5.41) is 3.45. The Labute approximate surface area is 120 Å². The van der Waals surface area contributed by atoms with Crippen LogP contribution in [0.15, 0.2) is 10.9 Å². The molecular weight excluding hydrogens is 254 g/mol. The van der Waals surface area contributed by atoms with E-state index in [1.165, 1.54) is 32.1 Å². The summed E-state index contributed by atoms with van der Waals surface area (Å²) in [4.78, 5) is 16.2. The van der Waals surface area contributed by atoms with Crippen molar-refractivity contribution in [3.63, 3.8) is 0 Å². The third-order valence-corrected chi connectivity index (χ3v) is 3.95. The first-order valence-corrected chi connectivity index (χ1v) is 7.54. The Kier molecular flexibility index (Phi) is 5.59. The van der Waals surface area contributed by atoms with E-state index in [1.807, 2.05) is 0 Å². The van der Waals surface area contributed by atoms with Gasteiger partial charge in [0, 0.05) is 24.8 Å². The van der Waals surface area contributed by atoms with Gasteiger partial charge in [-0.05, 0) is 32.2 Å². The molecule has 5 heteroatoms. The number of hydrogen-bond donors (Lipinski definition) is 1. The van der Waals surface area contributed by atoms with Crippen molar-refractivity contribution in [1.82, 2.24) is 14.9 Å². The molecule has 1 aliphatic carbocycles. The highest BCUT2D eigenvalue weighted by Crippen LogP contribution is 2.22. The summed E-state index contributed by atoms with van der Waals surface area (Å²) in [6, 6.07) is 1.94. The largest absolute Gasteiger partial charge is 0.468 e. The van der Waals surface area contributed by atoms with Gasteiger partial charge >= 0.3 is 0 Å². The fraction of sp³-hybridized carbons (Fsp3) is 0.733. The maximum absolute atomic E-state index is 11.9. The van der Waals surface area contributed by atoms with Crippen LogP contribution in [0.3, 0.4) is 0 Å². The van der Waals surface area contributed by atoms with Crippen LogP contribution in [0.2, 0.25) is 0 Å². The van der Waals surface area contributed by atoms with Crippen LogP contribution in [0.1, 0.15) is 37.8 Å². The molecule has 0 radical (unpaired) electrons. The maximum Gasteiger partial charge on any atom is 0.299 e. The first-order chi connectivity index (χ1) is 9.70. The van der Waals surface area contributed by atoms with E-state index in [0.717, 1.165) is 19.0 Å². The minimum atomic E-state index is -0.0474. The molecule has 0 spiro atoms. The van der Waals surface area contributed by atoms with E-state index in [4.69, 9.17) is 4.74 Å². The molecule has 0 atom stereocenters. The minimum absolute atomic E-state index is 0.0474. The summed E-state index contributed by atoms with van der Waals surface area (Å²) in [5.74, 6) is 0.804. The van der Waals surface area contributed by atoms with Crippen molar-refractivity contribution in [3.05, 3.63) is 22.1 Å². The van der Waals surface area contributed by atoms with Crippen LogP contribution in [0.25, 0.3) is 0 Å². The fourth-order valence-electron chi connectivity index (χ4n) is 2.84. The molecule has 20 heavy (non-hydrogen) atoms. The zero-order valence-corrected chi connectivity index (χ0v) is 12.5. The smallest absolute Gasteiger partial charge is 0.299 e. The van der Waals surface area contributed by atoms with Gasteiger partial charge in [-0.1, -0.05) is 19.3 Å². The van der Waals surface area contributed by atoms with Crippen LogP contribution in [0.5, 0.6) is 6.01 Å². The second-order valence-electron chi connectivity index (χ2n) is 5.58. The normalized spacial score (nSPS) is 16.3. The van der Waals surface area contributed by atoms with Crippen LogP contribution in [-0.2, 0) is 6.54 Å². The number of hydrogen-bond acceptors (Lipinski definition) is 4. The Bertz CT molecular complexity index is 478. The standard InChI is InChI=1S/C15H25N3O2/c1-12-10-14(19)18(15(17-12)20-2)9-8-16-11-13-6-4-3-5-7-13/h10,13,16H,3-9,11H2,1-2H3. The molecule has 0 aromatic carbocycles. The van der Waals surface area contributed by atoms with Gasteiger partial charge in [0.2, 0.25) is 0 Å². The quantitative estimate of drug-likeness (QED) is 0.806. The van der Waals surface area contributed by atoms with Crippen molar-refractivity contribution >= 4 is 0 Å². The van der Waals surface area contributed by atoms with E-state index in [9.17, 15) is 4.79 Å². The highest BCUT2D eigenvalue weighted by atomic mass is 16.5. The monoisotopic (exact) mass is 279 g/mol. The lowest BCUT2D eigenvalue weighted by molar-refractivity contribution is 0.327. The van der Waals surface area contributed by atoms with Crippen LogP contribution < -0.4 is 15.6 Å². The van der Waals surface area contributed by atoms with Gasteiger partial charge in [0.25, 0.3) is 11.6 Å². The zero-order valence-electron chi connectivity index (χ0n) is 12.5. The number of ether oxygens (including phenoxy) is 1. The van der Waals surface area contributed by atoms with Crippen molar-refractivity contribution in [3.8, 4) is 6.01 Å². The zero-order chi connectivity index (χ0) is 14.4. The van der Waals surface area contributed by atoms with Gasteiger partial charge in [-0.3, -0.25) is 9.36 Å². The Morgan fingerprint density at radius 2 is 2.15 bits per heavy atom. The SMILES string of the molecule is COc1nc(C)cc(=O)n1CCNCC1CCCCC1. The van der Waals surface area contributed by atoms with Gasteiger partial charge in [-0.25, -0.2) is 4.98 Å². The van der Waals surface area contributed by atoms with Crippen molar-refractivity contribution in [2.75, 3.05) is 20.2 Å². The van der Waals surface area contributed by atoms with Crippen LogP contribution in [-0.4, -0.2) is 29.8 Å². The number of aryl methyl sites for hydroxylation is 1. The molecule has 0 aliphatic heterocycles. The Morgan fingerprint density at radius 3 is 2.85 bits per heavy atom. The van der Waals surface area contributed by atoms with E-state index < -0.39 is 0 Å². The third-order valence-electron chi connectivity index (χ3n) is 3.95. The van der Waals surface area contributed by atoms with Crippen LogP contribution >= 0.6 is 0 Å². The molecule has 1 heterocycles. The van der Waals surface area contributed by atoms with E-state index in [2.05, 4.69) is 10.3 Å². The van der Waals surface area contributed by atoms with Crippen molar-refractivity contribution in [2.24, 2.45) is 5.92 Å². The molecule has 0 saturated heterocycles. The molecule has 1 saturated carbocycles. The van der Waals surface area contributed by atoms with Crippen molar-refractivity contribution < 1.29 is 4.74 Å². The van der Waals surface area contributed by atoms with E-state index in [0.29, 0.717) is 18.2 Å². The maximum atomic E-state index is 11.9. The summed E-state index contributed by atoms with van der Waals surface area (Å²) < 4.78 is 6.76. The topological polar surface area (TPSA) is 56.1 Å². The molecule has 0 bridgehead atoms. The Morgan fingerprint density at radius 1 is 1.40 bits per heavy atom. The lowest BCUT2D eigenvalue weighted by Gasteiger charge is -2.22. The van der Waals surface area contributed by atoms with E-state index in [1.54, 1.807) is 24.7 Å². The van der Waals surface area contributed by atoms with Crippen molar-refractivity contribution in [1.29, 1.82) is 0 Å².